The van der Waals surface area contributed by atoms with Crippen molar-refractivity contribution in [3.63, 3.8) is 0 Å². The fourth-order valence-electron chi connectivity index (χ4n) is 1.74. The van der Waals surface area contributed by atoms with Crippen molar-refractivity contribution in [3.05, 3.63) is 15.9 Å². The minimum absolute atomic E-state index is 0.274. The van der Waals surface area contributed by atoms with Crippen LogP contribution in [0.15, 0.2) is 4.47 Å². The zero-order valence-electron chi connectivity index (χ0n) is 10.4. The summed E-state index contributed by atoms with van der Waals surface area (Å²) in [5, 5.41) is 4.48. The lowest BCUT2D eigenvalue weighted by molar-refractivity contribution is 0.396. The van der Waals surface area contributed by atoms with Gasteiger partial charge in [-0.1, -0.05) is 20.8 Å². The van der Waals surface area contributed by atoms with Gasteiger partial charge in [0.25, 0.3) is 0 Å². The molecule has 0 bridgehead atoms. The average Bonchev–Trinajstić information content (AvgIpc) is 2.51. The number of hydrogen-bond donors (Lipinski definition) is 2. The first-order valence-electron chi connectivity index (χ1n) is 5.67. The Hall–Kier alpha value is -0.390. The molecule has 1 aromatic rings. The number of nitrogens with zero attached hydrogens (tertiary/aromatic N) is 2. The summed E-state index contributed by atoms with van der Waals surface area (Å²) in [5.74, 6) is 6.06. The van der Waals surface area contributed by atoms with Crippen LogP contribution in [0, 0.1) is 5.92 Å². The Labute approximate surface area is 106 Å². The van der Waals surface area contributed by atoms with E-state index in [9.17, 15) is 0 Å². The van der Waals surface area contributed by atoms with Gasteiger partial charge in [-0.05, 0) is 28.3 Å². The zero-order chi connectivity index (χ0) is 12.3. The second kappa shape index (κ2) is 5.80. The van der Waals surface area contributed by atoms with Crippen LogP contribution in [0.1, 0.15) is 32.2 Å². The molecule has 92 valence electrons. The highest BCUT2D eigenvalue weighted by Gasteiger charge is 2.18. The smallest absolute Gasteiger partial charge is 0.0766 e. The summed E-state index contributed by atoms with van der Waals surface area (Å²) in [6.07, 6.45) is 1.83. The topological polar surface area (TPSA) is 55.9 Å². The molecule has 0 spiro atoms. The monoisotopic (exact) mass is 288 g/mol. The van der Waals surface area contributed by atoms with E-state index in [-0.39, 0.29) is 6.04 Å². The van der Waals surface area contributed by atoms with E-state index in [1.54, 1.807) is 0 Å². The van der Waals surface area contributed by atoms with E-state index in [1.807, 2.05) is 11.7 Å². The third-order valence-electron chi connectivity index (χ3n) is 2.94. The summed E-state index contributed by atoms with van der Waals surface area (Å²) in [7, 11) is 1.98. The van der Waals surface area contributed by atoms with Crippen LogP contribution in [0.4, 0.5) is 0 Å². The predicted octanol–water partition coefficient (Wildman–Crippen LogP) is 1.78. The van der Waals surface area contributed by atoms with E-state index < -0.39 is 0 Å². The summed E-state index contributed by atoms with van der Waals surface area (Å²) in [4.78, 5) is 0. The quantitative estimate of drug-likeness (QED) is 0.641. The second-order valence-corrected chi connectivity index (χ2v) is 5.20. The van der Waals surface area contributed by atoms with Crippen LogP contribution in [0.2, 0.25) is 0 Å². The van der Waals surface area contributed by atoms with E-state index >= 15 is 0 Å². The number of nitrogens with one attached hydrogen (secondary N) is 1. The normalized spacial score (nSPS) is 13.4. The van der Waals surface area contributed by atoms with Gasteiger partial charge in [-0.2, -0.15) is 5.10 Å². The van der Waals surface area contributed by atoms with Crippen molar-refractivity contribution in [1.29, 1.82) is 0 Å². The lowest BCUT2D eigenvalue weighted by Gasteiger charge is -2.19. The largest absolute Gasteiger partial charge is 0.271 e. The Bertz CT molecular complexity index is 346. The minimum Gasteiger partial charge on any atom is -0.271 e. The molecule has 0 saturated carbocycles. The molecule has 4 nitrogen and oxygen atoms in total. The number of rotatable bonds is 5. The van der Waals surface area contributed by atoms with Crippen molar-refractivity contribution in [3.8, 4) is 0 Å². The maximum Gasteiger partial charge on any atom is 0.0766 e. The van der Waals surface area contributed by atoms with Gasteiger partial charge in [-0.15, -0.1) is 0 Å². The highest BCUT2D eigenvalue weighted by atomic mass is 79.9. The third kappa shape index (κ3) is 2.84. The van der Waals surface area contributed by atoms with E-state index in [4.69, 9.17) is 5.84 Å². The van der Waals surface area contributed by atoms with Gasteiger partial charge in [0.05, 0.1) is 15.9 Å². The molecular weight excluding hydrogens is 268 g/mol. The summed E-state index contributed by atoms with van der Waals surface area (Å²) in [5.41, 5.74) is 5.18. The van der Waals surface area contributed by atoms with E-state index in [2.05, 4.69) is 47.2 Å². The second-order valence-electron chi connectivity index (χ2n) is 4.41. The van der Waals surface area contributed by atoms with Crippen molar-refractivity contribution in [2.45, 2.75) is 39.7 Å². The molecule has 0 aromatic carbocycles. The van der Waals surface area contributed by atoms with Gasteiger partial charge < -0.3 is 0 Å². The van der Waals surface area contributed by atoms with Crippen molar-refractivity contribution in [2.75, 3.05) is 0 Å². The molecule has 0 radical (unpaired) electrons. The number of hydrogen-bond acceptors (Lipinski definition) is 3. The number of aryl methyl sites for hydroxylation is 2. The molecule has 0 fully saturated rings. The van der Waals surface area contributed by atoms with Gasteiger partial charge in [-0.25, -0.2) is 0 Å². The Morgan fingerprint density at radius 2 is 2.12 bits per heavy atom. The van der Waals surface area contributed by atoms with Crippen LogP contribution >= 0.6 is 15.9 Å². The van der Waals surface area contributed by atoms with Gasteiger partial charge >= 0.3 is 0 Å². The molecule has 0 aliphatic heterocycles. The fourth-order valence-corrected chi connectivity index (χ4v) is 2.52. The molecule has 1 atom stereocenters. The molecule has 5 heteroatoms. The summed E-state index contributed by atoms with van der Waals surface area (Å²) >= 11 is 3.62. The summed E-state index contributed by atoms with van der Waals surface area (Å²) in [6.45, 7) is 6.43. The Balaban J connectivity index is 2.91. The number of aromatic nitrogens is 2. The van der Waals surface area contributed by atoms with Gasteiger partial charge in [-0.3, -0.25) is 16.0 Å². The highest BCUT2D eigenvalue weighted by Crippen LogP contribution is 2.23. The molecule has 1 unspecified atom stereocenters. The highest BCUT2D eigenvalue weighted by molar-refractivity contribution is 9.10. The molecular formula is C11H21BrN4. The minimum atomic E-state index is 0.274. The maximum atomic E-state index is 5.57. The number of nitrogens with two attached hydrogens (primary N) is 1. The van der Waals surface area contributed by atoms with Gasteiger partial charge in [0.2, 0.25) is 0 Å². The number of halogens is 1. The van der Waals surface area contributed by atoms with Crippen LogP contribution in [0.25, 0.3) is 0 Å². The average molecular weight is 289 g/mol. The van der Waals surface area contributed by atoms with E-state index in [0.717, 1.165) is 23.0 Å². The Morgan fingerprint density at radius 1 is 1.50 bits per heavy atom. The first-order valence-corrected chi connectivity index (χ1v) is 6.46. The van der Waals surface area contributed by atoms with E-state index in [0.29, 0.717) is 5.92 Å². The fraction of sp³-hybridized carbons (Fsp3) is 0.727. The summed E-state index contributed by atoms with van der Waals surface area (Å²) < 4.78 is 3.06. The van der Waals surface area contributed by atoms with E-state index in [1.165, 1.54) is 5.69 Å². The lowest BCUT2D eigenvalue weighted by Crippen LogP contribution is -2.41. The Morgan fingerprint density at radius 3 is 2.50 bits per heavy atom. The lowest BCUT2D eigenvalue weighted by atomic mass is 10.00. The molecule has 1 rings (SSSR count). The van der Waals surface area contributed by atoms with Crippen LogP contribution in [0.3, 0.4) is 0 Å². The first kappa shape index (κ1) is 13.7. The molecule has 3 N–H and O–H groups in total. The van der Waals surface area contributed by atoms with Crippen molar-refractivity contribution < 1.29 is 0 Å². The third-order valence-corrected chi connectivity index (χ3v) is 3.85. The standard InChI is InChI=1S/C11H21BrN4/c1-5-8-11(12)10(16(4)15-8)6-9(14-13)7(2)3/h7,9,14H,5-6,13H2,1-4H3. The van der Waals surface area contributed by atoms with Crippen molar-refractivity contribution in [1.82, 2.24) is 15.2 Å². The maximum absolute atomic E-state index is 5.57. The number of hydrazine groups is 1. The molecule has 0 aliphatic carbocycles. The van der Waals surface area contributed by atoms with Gasteiger partial charge in [0, 0.05) is 19.5 Å². The zero-order valence-corrected chi connectivity index (χ0v) is 12.0. The van der Waals surface area contributed by atoms with Crippen molar-refractivity contribution >= 4 is 15.9 Å². The van der Waals surface area contributed by atoms with Gasteiger partial charge in [0.1, 0.15) is 0 Å². The SMILES string of the molecule is CCc1nn(C)c(CC(NN)C(C)C)c1Br. The van der Waals surface area contributed by atoms with Crippen LogP contribution in [-0.4, -0.2) is 15.8 Å². The van der Waals surface area contributed by atoms with Crippen molar-refractivity contribution in [2.24, 2.45) is 18.8 Å². The van der Waals surface area contributed by atoms with Crippen LogP contribution < -0.4 is 11.3 Å². The Kier molecular flexibility index (Phi) is 4.95. The molecule has 0 aliphatic rings. The molecule has 16 heavy (non-hydrogen) atoms. The van der Waals surface area contributed by atoms with Gasteiger partial charge in [0.15, 0.2) is 0 Å². The molecule has 1 heterocycles. The first-order chi connectivity index (χ1) is 7.51. The summed E-state index contributed by atoms with van der Waals surface area (Å²) in [6, 6.07) is 0.274. The molecule has 0 amide bonds. The molecule has 0 saturated heterocycles. The van der Waals surface area contributed by atoms with Crippen LogP contribution in [0.5, 0.6) is 0 Å². The van der Waals surface area contributed by atoms with Crippen LogP contribution in [-0.2, 0) is 19.9 Å². The predicted molar refractivity (Wildman–Crippen MR) is 69.9 cm³/mol. The molecule has 1 aromatic heterocycles.